The molecule has 25 heavy (non-hydrogen) atoms. The number of halogens is 2. The van der Waals surface area contributed by atoms with Crippen LogP contribution < -0.4 is 0 Å². The van der Waals surface area contributed by atoms with Crippen LogP contribution in [-0.2, 0) is 0 Å². The van der Waals surface area contributed by atoms with Gasteiger partial charge in [0, 0.05) is 0 Å². The highest BCUT2D eigenvalue weighted by atomic mass is 19.2. The maximum atomic E-state index is 13.7. The Labute approximate surface area is 154 Å². The van der Waals surface area contributed by atoms with Crippen LogP contribution in [0.5, 0.6) is 0 Å². The maximum Gasteiger partial charge on any atom is 0.131 e. The van der Waals surface area contributed by atoms with Crippen molar-refractivity contribution in [2.24, 2.45) is 29.6 Å². The average Bonchev–Trinajstić information content (AvgIpc) is 2.64. The molecule has 0 nitrogen and oxygen atoms in total. The van der Waals surface area contributed by atoms with Crippen molar-refractivity contribution >= 4 is 0 Å². The van der Waals surface area contributed by atoms with Crippen molar-refractivity contribution in [3.05, 3.63) is 0 Å². The molecule has 0 N–H and O–H groups in total. The summed E-state index contributed by atoms with van der Waals surface area (Å²) < 4.78 is 27.0. The summed E-state index contributed by atoms with van der Waals surface area (Å²) in [7, 11) is 0. The van der Waals surface area contributed by atoms with Crippen molar-refractivity contribution in [3.63, 3.8) is 0 Å². The van der Waals surface area contributed by atoms with Gasteiger partial charge in [-0.25, -0.2) is 8.78 Å². The second-order valence-corrected chi connectivity index (χ2v) is 9.64. The lowest BCUT2D eigenvalue weighted by Crippen LogP contribution is -2.32. The Morgan fingerprint density at radius 3 is 1.56 bits per heavy atom. The molecule has 0 saturated heterocycles. The van der Waals surface area contributed by atoms with Gasteiger partial charge in [0.15, 0.2) is 0 Å². The summed E-state index contributed by atoms with van der Waals surface area (Å²) in [6.45, 7) is 2.32. The molecule has 0 amide bonds. The van der Waals surface area contributed by atoms with Gasteiger partial charge in [-0.3, -0.25) is 0 Å². The molecule has 0 aromatic rings. The van der Waals surface area contributed by atoms with Gasteiger partial charge in [-0.2, -0.15) is 0 Å². The molecule has 2 heteroatoms. The zero-order chi connectivity index (χ0) is 17.6. The van der Waals surface area contributed by atoms with Crippen LogP contribution in [0.25, 0.3) is 0 Å². The van der Waals surface area contributed by atoms with E-state index < -0.39 is 12.3 Å². The predicted molar refractivity (Wildman–Crippen MR) is 102 cm³/mol. The lowest BCUT2D eigenvalue weighted by molar-refractivity contribution is 0.0539. The van der Waals surface area contributed by atoms with Gasteiger partial charge in [0.1, 0.15) is 12.3 Å². The molecule has 3 atom stereocenters. The van der Waals surface area contributed by atoms with Crippen molar-refractivity contribution < 1.29 is 8.78 Å². The molecule has 0 spiro atoms. The molecule has 0 radical (unpaired) electrons. The van der Waals surface area contributed by atoms with E-state index in [0.717, 1.165) is 24.2 Å². The van der Waals surface area contributed by atoms with Crippen LogP contribution in [0.15, 0.2) is 0 Å². The van der Waals surface area contributed by atoms with Crippen molar-refractivity contribution in [2.45, 2.75) is 116 Å². The molecule has 146 valence electrons. The summed E-state index contributed by atoms with van der Waals surface area (Å²) in [5.74, 6) is 4.10. The molecule has 3 saturated carbocycles. The number of alkyl halides is 2. The predicted octanol–water partition coefficient (Wildman–Crippen LogP) is 7.66. The van der Waals surface area contributed by atoms with Gasteiger partial charge in [-0.05, 0) is 61.7 Å². The second-order valence-electron chi connectivity index (χ2n) is 9.64. The Morgan fingerprint density at radius 2 is 1.04 bits per heavy atom. The molecule has 0 heterocycles. The molecular weight excluding hydrogens is 314 g/mol. The van der Waals surface area contributed by atoms with Gasteiger partial charge in [-0.1, -0.05) is 71.1 Å². The van der Waals surface area contributed by atoms with E-state index in [4.69, 9.17) is 0 Å². The maximum absolute atomic E-state index is 13.7. The highest BCUT2D eigenvalue weighted by Gasteiger charge is 2.36. The topological polar surface area (TPSA) is 0 Å². The zero-order valence-corrected chi connectivity index (χ0v) is 16.4. The monoisotopic (exact) mass is 354 g/mol. The van der Waals surface area contributed by atoms with Gasteiger partial charge < -0.3 is 0 Å². The van der Waals surface area contributed by atoms with Crippen molar-refractivity contribution in [1.29, 1.82) is 0 Å². The fourth-order valence-electron chi connectivity index (χ4n) is 6.17. The first-order valence-electron chi connectivity index (χ1n) is 11.4. The van der Waals surface area contributed by atoms with E-state index in [1.165, 1.54) is 77.0 Å². The Hall–Kier alpha value is -0.140. The van der Waals surface area contributed by atoms with E-state index in [1.54, 1.807) is 0 Å². The first-order valence-corrected chi connectivity index (χ1v) is 11.4. The third-order valence-electron chi connectivity index (χ3n) is 7.94. The van der Waals surface area contributed by atoms with E-state index in [-0.39, 0.29) is 0 Å². The summed E-state index contributed by atoms with van der Waals surface area (Å²) in [6.07, 6.45) is 16.4. The lowest BCUT2D eigenvalue weighted by atomic mass is 9.69. The minimum atomic E-state index is -1.18. The molecular formula is C23H40F2. The van der Waals surface area contributed by atoms with Crippen LogP contribution >= 0.6 is 0 Å². The minimum absolute atomic E-state index is 0.465. The van der Waals surface area contributed by atoms with E-state index in [0.29, 0.717) is 24.7 Å². The normalized spacial score (nSPS) is 43.1. The Bertz CT molecular complexity index is 366. The molecule has 3 rings (SSSR count). The smallest absolute Gasteiger partial charge is 0.131 e. The highest BCUT2D eigenvalue weighted by molar-refractivity contribution is 4.86. The number of rotatable bonds is 6. The largest absolute Gasteiger partial charge is 0.244 e. The van der Waals surface area contributed by atoms with E-state index in [9.17, 15) is 8.78 Å². The summed E-state index contributed by atoms with van der Waals surface area (Å²) in [5.41, 5.74) is 0. The molecule has 0 bridgehead atoms. The first-order chi connectivity index (χ1) is 12.2. The molecule has 3 unspecified atom stereocenters. The third-order valence-corrected chi connectivity index (χ3v) is 7.94. The fourth-order valence-corrected chi connectivity index (χ4v) is 6.17. The summed E-state index contributed by atoms with van der Waals surface area (Å²) in [5, 5.41) is 0. The zero-order valence-electron chi connectivity index (χ0n) is 16.4. The molecule has 0 aromatic carbocycles. The Kier molecular flexibility index (Phi) is 7.61. The van der Waals surface area contributed by atoms with Gasteiger partial charge in [-0.15, -0.1) is 0 Å². The van der Waals surface area contributed by atoms with E-state index >= 15 is 0 Å². The molecule has 0 aromatic heterocycles. The van der Waals surface area contributed by atoms with Gasteiger partial charge in [0.05, 0.1) is 0 Å². The van der Waals surface area contributed by atoms with Crippen molar-refractivity contribution in [2.75, 3.05) is 0 Å². The summed E-state index contributed by atoms with van der Waals surface area (Å²) in [4.78, 5) is 0. The SMILES string of the molecule is CCCC1CCC(CCC2CCC(C3CCC(F)C(F)C3)CC2)CC1. The fraction of sp³-hybridized carbons (Fsp3) is 1.00. The average molecular weight is 355 g/mol. The minimum Gasteiger partial charge on any atom is -0.244 e. The molecule has 3 aliphatic rings. The Morgan fingerprint density at radius 1 is 0.560 bits per heavy atom. The van der Waals surface area contributed by atoms with Crippen LogP contribution in [0, 0.1) is 29.6 Å². The van der Waals surface area contributed by atoms with E-state index in [2.05, 4.69) is 6.92 Å². The van der Waals surface area contributed by atoms with Gasteiger partial charge in [0.25, 0.3) is 0 Å². The quantitative estimate of drug-likeness (QED) is 0.459. The lowest BCUT2D eigenvalue weighted by Gasteiger charge is -2.38. The van der Waals surface area contributed by atoms with Crippen LogP contribution in [0.2, 0.25) is 0 Å². The van der Waals surface area contributed by atoms with Crippen molar-refractivity contribution in [3.8, 4) is 0 Å². The number of hydrogen-bond donors (Lipinski definition) is 0. The van der Waals surface area contributed by atoms with E-state index in [1.807, 2.05) is 0 Å². The Balaban J connectivity index is 1.31. The van der Waals surface area contributed by atoms with Crippen molar-refractivity contribution in [1.82, 2.24) is 0 Å². The van der Waals surface area contributed by atoms with Crippen LogP contribution in [-0.4, -0.2) is 12.3 Å². The first kappa shape index (κ1) is 19.6. The summed E-state index contributed by atoms with van der Waals surface area (Å²) in [6, 6.07) is 0. The molecule has 3 aliphatic carbocycles. The van der Waals surface area contributed by atoms with Crippen LogP contribution in [0.4, 0.5) is 8.78 Å². The molecule has 3 fully saturated rings. The third kappa shape index (κ3) is 5.67. The number of hydrogen-bond acceptors (Lipinski definition) is 0. The highest BCUT2D eigenvalue weighted by Crippen LogP contribution is 2.43. The van der Waals surface area contributed by atoms with Crippen LogP contribution in [0.1, 0.15) is 103 Å². The van der Waals surface area contributed by atoms with Crippen LogP contribution in [0.3, 0.4) is 0 Å². The van der Waals surface area contributed by atoms with Gasteiger partial charge >= 0.3 is 0 Å². The standard InChI is InChI=1S/C23H40F2/c1-2-3-17-4-6-18(7-5-17)8-9-19-10-12-20(13-11-19)21-14-15-22(24)23(25)16-21/h17-23H,2-16H2,1H3. The second kappa shape index (κ2) is 9.70. The summed E-state index contributed by atoms with van der Waals surface area (Å²) >= 11 is 0. The molecule has 0 aliphatic heterocycles. The van der Waals surface area contributed by atoms with Gasteiger partial charge in [0.2, 0.25) is 0 Å².